The molecule has 0 spiro atoms. The Balaban J connectivity index is 1.32. The summed E-state index contributed by atoms with van der Waals surface area (Å²) in [5.41, 5.74) is 7.51. The van der Waals surface area contributed by atoms with E-state index in [4.69, 9.17) is 101 Å². The third-order valence-electron chi connectivity index (χ3n) is 10.9. The van der Waals surface area contributed by atoms with Crippen molar-refractivity contribution in [3.8, 4) is 67.5 Å². The van der Waals surface area contributed by atoms with Gasteiger partial charge in [0.05, 0.1) is 0 Å². The first-order chi connectivity index (χ1) is 28.8. The summed E-state index contributed by atoms with van der Waals surface area (Å²) in [6, 6.07) is 36.0. The Bertz CT molecular complexity index is 3060. The molecule has 0 saturated carbocycles. The summed E-state index contributed by atoms with van der Waals surface area (Å²) in [5.74, 6) is 0.935. The lowest BCUT2D eigenvalue weighted by Crippen LogP contribution is -2.56. The van der Waals surface area contributed by atoms with Gasteiger partial charge in [-0.05, 0) is 38.8 Å². The van der Waals surface area contributed by atoms with Crippen molar-refractivity contribution < 1.29 is 0 Å². The molecule has 0 amide bonds. The van der Waals surface area contributed by atoms with Gasteiger partial charge in [0.2, 0.25) is 0 Å². The minimum Gasteiger partial charge on any atom is -0.208 e. The molecule has 0 N–H and O–H groups in total. The van der Waals surface area contributed by atoms with E-state index in [1.54, 1.807) is 0 Å². The molecule has 0 aliphatic rings. The van der Waals surface area contributed by atoms with E-state index in [0.717, 1.165) is 33.4 Å². The van der Waals surface area contributed by atoms with Crippen molar-refractivity contribution in [2.45, 2.75) is 0 Å². The molecule has 9 rings (SSSR count). The fourth-order valence-electron chi connectivity index (χ4n) is 7.62. The van der Waals surface area contributed by atoms with Crippen LogP contribution in [0.3, 0.4) is 0 Å². The highest BCUT2D eigenvalue weighted by molar-refractivity contribution is 7.28. The van der Waals surface area contributed by atoms with Gasteiger partial charge < -0.3 is 0 Å². The van der Waals surface area contributed by atoms with E-state index in [2.05, 4.69) is 0 Å². The highest BCUT2D eigenvalue weighted by atomic mass is 32.1. The monoisotopic (exact) mass is 753 g/mol. The van der Waals surface area contributed by atoms with Gasteiger partial charge in [0.25, 0.3) is 0 Å². The normalized spacial score (nSPS) is 11.4. The van der Waals surface area contributed by atoms with Gasteiger partial charge in [0.15, 0.2) is 17.5 Å². The van der Waals surface area contributed by atoms with Crippen molar-refractivity contribution >= 4 is 178 Å². The predicted octanol–water partition coefficient (Wildman–Crippen LogP) is -1.03. The standard InChI is InChI=1S/C45H18B11N3S/c46-30-28-26-25(27-32(48)35(51)38(54)36(52)33(27)49)31(47)37(53)40(56)41(26)60-42(28)39(55)34(50)29(30)45-58-43(23-15-11-21(12-16-23)19-7-3-1-4-8-19)57-44(59-45)24-17-13-22(14-18-24)20-9-5-2-6-10-20/h1-18H. The highest BCUT2D eigenvalue weighted by Crippen LogP contribution is 2.37. The zero-order chi connectivity index (χ0) is 42.1. The summed E-state index contributed by atoms with van der Waals surface area (Å²) in [5, 5.41) is 0.898. The second-order valence-corrected chi connectivity index (χ2v) is 15.4. The van der Waals surface area contributed by atoms with Gasteiger partial charge in [-0.25, -0.2) is 15.0 Å². The average molecular weight is 752 g/mol. The van der Waals surface area contributed by atoms with Crippen LogP contribution in [-0.2, 0) is 0 Å². The molecule has 7 aromatic carbocycles. The van der Waals surface area contributed by atoms with Crippen LogP contribution >= 0.6 is 11.3 Å². The van der Waals surface area contributed by atoms with E-state index in [-0.39, 0.29) is 77.0 Å². The molecule has 9 aromatic rings. The molecule has 2 aromatic heterocycles. The first-order valence-corrected chi connectivity index (χ1v) is 19.5. The number of thiophene rings is 1. The van der Waals surface area contributed by atoms with Crippen LogP contribution in [0.15, 0.2) is 109 Å². The van der Waals surface area contributed by atoms with E-state index in [1.807, 2.05) is 109 Å². The van der Waals surface area contributed by atoms with Crippen LogP contribution in [0.4, 0.5) is 0 Å². The topological polar surface area (TPSA) is 38.7 Å². The third-order valence-corrected chi connectivity index (χ3v) is 12.2. The molecule has 3 nitrogen and oxygen atoms in total. The number of nitrogens with zero attached hydrogens (tertiary/aromatic N) is 3. The first-order valence-electron chi connectivity index (χ1n) is 18.6. The fraction of sp³-hybridized carbons (Fsp3) is 0. The van der Waals surface area contributed by atoms with Crippen LogP contribution < -0.4 is 60.1 Å². The molecule has 22 radical (unpaired) electrons. The van der Waals surface area contributed by atoms with Gasteiger partial charge >= 0.3 is 0 Å². The minimum atomic E-state index is 0.0236. The summed E-state index contributed by atoms with van der Waals surface area (Å²) < 4.78 is 1.01. The van der Waals surface area contributed by atoms with Crippen LogP contribution in [0.1, 0.15) is 0 Å². The zero-order valence-corrected chi connectivity index (χ0v) is 32.8. The largest absolute Gasteiger partial charge is 0.208 e. The molecular weight excluding hydrogens is 734 g/mol. The second-order valence-electron chi connectivity index (χ2n) is 14.4. The Morgan fingerprint density at radius 3 is 1.08 bits per heavy atom. The van der Waals surface area contributed by atoms with Gasteiger partial charge in [0, 0.05) is 31.5 Å². The smallest absolute Gasteiger partial charge is 0.164 e. The minimum absolute atomic E-state index is 0.0236. The van der Waals surface area contributed by atoms with Crippen molar-refractivity contribution in [1.82, 2.24) is 15.0 Å². The van der Waals surface area contributed by atoms with E-state index in [0.29, 0.717) is 37.4 Å². The van der Waals surface area contributed by atoms with Crippen molar-refractivity contribution in [3.05, 3.63) is 109 Å². The Hall–Kier alpha value is -5.52. The molecule has 0 saturated heterocycles. The molecule has 0 fully saturated rings. The molecule has 0 aliphatic carbocycles. The third kappa shape index (κ3) is 6.48. The Morgan fingerprint density at radius 2 is 0.600 bits per heavy atom. The van der Waals surface area contributed by atoms with Crippen LogP contribution in [0.25, 0.3) is 87.7 Å². The molecule has 0 bridgehead atoms. The Morgan fingerprint density at radius 1 is 0.267 bits per heavy atom. The van der Waals surface area contributed by atoms with Crippen molar-refractivity contribution in [3.63, 3.8) is 0 Å². The van der Waals surface area contributed by atoms with Gasteiger partial charge in [-0.15, -0.1) is 33.2 Å². The number of rotatable bonds is 6. The van der Waals surface area contributed by atoms with Crippen molar-refractivity contribution in [2.24, 2.45) is 0 Å². The summed E-state index contributed by atoms with van der Waals surface area (Å²) in [7, 11) is 73.2. The van der Waals surface area contributed by atoms with Crippen LogP contribution in [-0.4, -0.2) is 101 Å². The second kappa shape index (κ2) is 15.5. The van der Waals surface area contributed by atoms with E-state index in [9.17, 15) is 0 Å². The number of hydrogen-bond acceptors (Lipinski definition) is 4. The van der Waals surface area contributed by atoms with Crippen molar-refractivity contribution in [2.75, 3.05) is 0 Å². The zero-order valence-electron chi connectivity index (χ0n) is 32.0. The molecule has 0 atom stereocenters. The Labute approximate surface area is 367 Å². The first kappa shape index (κ1) is 39.9. The summed E-state index contributed by atoms with van der Waals surface area (Å²) in [4.78, 5) is 15.0. The maximum Gasteiger partial charge on any atom is 0.164 e. The van der Waals surface area contributed by atoms with Gasteiger partial charge in [-0.1, -0.05) is 147 Å². The van der Waals surface area contributed by atoms with Crippen LogP contribution in [0.2, 0.25) is 0 Å². The SMILES string of the molecule is [B]c1c([B])c([B])c(-c2c([B])c([B])c([B])c3sc4c([B])c([B])c(-c5nc(-c6ccc(-c7ccccc7)cc6)nc(-c6ccc(-c7ccccc7)cc6)n5)c([B])c4c23)c([B])c1[B]. The molecule has 0 aliphatic heterocycles. The molecule has 60 heavy (non-hydrogen) atoms. The quantitative estimate of drug-likeness (QED) is 0.205. The van der Waals surface area contributed by atoms with Crippen LogP contribution in [0, 0.1) is 0 Å². The lowest BCUT2D eigenvalue weighted by atomic mass is 9.58. The van der Waals surface area contributed by atoms with E-state index in [1.165, 1.54) is 11.3 Å². The lowest BCUT2D eigenvalue weighted by molar-refractivity contribution is 1.08. The van der Waals surface area contributed by atoms with Crippen LogP contribution in [0.5, 0.6) is 0 Å². The number of aromatic nitrogens is 3. The van der Waals surface area contributed by atoms with E-state index < -0.39 is 0 Å². The van der Waals surface area contributed by atoms with Gasteiger partial charge in [-0.3, -0.25) is 0 Å². The molecule has 0 unspecified atom stereocenters. The summed E-state index contributed by atoms with van der Waals surface area (Å²) in [6.45, 7) is 0. The lowest BCUT2D eigenvalue weighted by Gasteiger charge is -2.25. The molecule has 252 valence electrons. The number of benzene rings is 7. The van der Waals surface area contributed by atoms with Gasteiger partial charge in [0.1, 0.15) is 86.3 Å². The molecule has 2 heterocycles. The van der Waals surface area contributed by atoms with Crippen molar-refractivity contribution in [1.29, 1.82) is 0 Å². The highest BCUT2D eigenvalue weighted by Gasteiger charge is 2.26. The number of hydrogen-bond donors (Lipinski definition) is 0. The predicted molar refractivity (Wildman–Crippen MR) is 265 cm³/mol. The van der Waals surface area contributed by atoms with E-state index >= 15 is 0 Å². The van der Waals surface area contributed by atoms with Gasteiger partial charge in [-0.2, -0.15) is 0 Å². The average Bonchev–Trinajstić information content (AvgIpc) is 3.69. The summed E-state index contributed by atoms with van der Waals surface area (Å²) in [6.07, 6.45) is 0. The summed E-state index contributed by atoms with van der Waals surface area (Å²) >= 11 is 1.23. The molecular formula is C45H18B11N3S. The molecule has 15 heteroatoms. The number of fused-ring (bicyclic) bond motifs is 3. The fourth-order valence-corrected chi connectivity index (χ4v) is 8.88. The maximum atomic E-state index is 7.25. The maximum absolute atomic E-state index is 7.25. The Kier molecular flexibility index (Phi) is 10.3.